The standard InChI is InChI=1S/C32H34N4OS/c1-36(28-18-9-4-10-19-28)30-21-29(26-15-7-3-8-16-26)34-32(35-30)38-23-25-14-11-17-27(20-25)31(37)33-22-24-12-5-2-6-13-24/h2-3,5-8,11-17,20-21,28H,4,9-10,18-19,22-23H2,1H3,(H,33,37). The molecule has 0 saturated heterocycles. The largest absolute Gasteiger partial charge is 0.357 e. The monoisotopic (exact) mass is 522 g/mol. The van der Waals surface area contributed by atoms with Crippen LogP contribution in [0.1, 0.15) is 53.6 Å². The molecule has 38 heavy (non-hydrogen) atoms. The maximum Gasteiger partial charge on any atom is 0.251 e. The Hall–Kier alpha value is -3.64. The van der Waals surface area contributed by atoms with Crippen LogP contribution in [0.15, 0.2) is 96.2 Å². The predicted octanol–water partition coefficient (Wildman–Crippen LogP) is 7.13. The van der Waals surface area contributed by atoms with Gasteiger partial charge in [-0.15, -0.1) is 0 Å². The number of hydrogen-bond donors (Lipinski definition) is 1. The molecule has 0 unspecified atom stereocenters. The first-order valence-corrected chi connectivity index (χ1v) is 14.4. The number of thioether (sulfide) groups is 1. The normalized spacial score (nSPS) is 13.7. The van der Waals surface area contributed by atoms with Crippen molar-refractivity contribution in [2.75, 3.05) is 11.9 Å². The molecule has 0 radical (unpaired) electrons. The van der Waals surface area contributed by atoms with Crippen LogP contribution in [-0.2, 0) is 12.3 Å². The number of nitrogens with one attached hydrogen (secondary N) is 1. The first-order chi connectivity index (χ1) is 18.7. The second kappa shape index (κ2) is 12.7. The molecular weight excluding hydrogens is 488 g/mol. The predicted molar refractivity (Wildman–Crippen MR) is 156 cm³/mol. The summed E-state index contributed by atoms with van der Waals surface area (Å²) in [5, 5.41) is 3.77. The lowest BCUT2D eigenvalue weighted by molar-refractivity contribution is 0.0951. The third-order valence-corrected chi connectivity index (χ3v) is 8.02. The number of carbonyl (C=O) groups is 1. The quantitative estimate of drug-likeness (QED) is 0.187. The van der Waals surface area contributed by atoms with Crippen LogP contribution in [0.4, 0.5) is 5.82 Å². The van der Waals surface area contributed by atoms with Gasteiger partial charge < -0.3 is 10.2 Å². The Morgan fingerprint density at radius 2 is 1.58 bits per heavy atom. The van der Waals surface area contributed by atoms with E-state index in [4.69, 9.17) is 9.97 Å². The summed E-state index contributed by atoms with van der Waals surface area (Å²) in [6.07, 6.45) is 6.31. The minimum absolute atomic E-state index is 0.0700. The molecule has 0 aliphatic heterocycles. The van der Waals surface area contributed by atoms with Crippen LogP contribution in [0.5, 0.6) is 0 Å². The summed E-state index contributed by atoms with van der Waals surface area (Å²) >= 11 is 1.61. The zero-order valence-electron chi connectivity index (χ0n) is 21.8. The van der Waals surface area contributed by atoms with E-state index in [9.17, 15) is 4.79 Å². The molecule has 1 N–H and O–H groups in total. The van der Waals surface area contributed by atoms with Gasteiger partial charge in [-0.1, -0.05) is 104 Å². The summed E-state index contributed by atoms with van der Waals surface area (Å²) < 4.78 is 0. The Labute approximate surface area is 229 Å². The van der Waals surface area contributed by atoms with Crippen molar-refractivity contribution in [1.29, 1.82) is 0 Å². The molecule has 6 heteroatoms. The lowest BCUT2D eigenvalue weighted by atomic mass is 9.94. The second-order valence-corrected chi connectivity index (χ2v) is 10.8. The van der Waals surface area contributed by atoms with Crippen LogP contribution in [0, 0.1) is 0 Å². The minimum atomic E-state index is -0.0700. The highest BCUT2D eigenvalue weighted by atomic mass is 32.2. The van der Waals surface area contributed by atoms with Crippen LogP contribution in [0.2, 0.25) is 0 Å². The summed E-state index contributed by atoms with van der Waals surface area (Å²) in [7, 11) is 2.17. The zero-order chi connectivity index (χ0) is 26.2. The average Bonchev–Trinajstić information content (AvgIpc) is 3.00. The summed E-state index contributed by atoms with van der Waals surface area (Å²) in [5.74, 6) is 1.59. The Morgan fingerprint density at radius 3 is 2.34 bits per heavy atom. The minimum Gasteiger partial charge on any atom is -0.357 e. The molecule has 1 heterocycles. The Balaban J connectivity index is 1.31. The molecule has 1 aromatic heterocycles. The molecule has 0 atom stereocenters. The SMILES string of the molecule is CN(c1cc(-c2ccccc2)nc(SCc2cccc(C(=O)NCc3ccccc3)c2)n1)C1CCCCC1. The fourth-order valence-corrected chi connectivity index (χ4v) is 5.70. The van der Waals surface area contributed by atoms with Crippen molar-refractivity contribution in [1.82, 2.24) is 15.3 Å². The molecular formula is C32H34N4OS. The first-order valence-electron chi connectivity index (χ1n) is 13.4. The number of rotatable bonds is 9. The molecule has 4 aromatic rings. The van der Waals surface area contributed by atoms with E-state index in [2.05, 4.69) is 41.5 Å². The van der Waals surface area contributed by atoms with E-state index in [-0.39, 0.29) is 5.91 Å². The number of benzene rings is 3. The summed E-state index contributed by atoms with van der Waals surface area (Å²) in [5.41, 5.74) is 4.84. The molecule has 0 bridgehead atoms. The van der Waals surface area contributed by atoms with E-state index in [1.807, 2.05) is 66.7 Å². The smallest absolute Gasteiger partial charge is 0.251 e. The van der Waals surface area contributed by atoms with Gasteiger partial charge >= 0.3 is 0 Å². The maximum absolute atomic E-state index is 12.8. The van der Waals surface area contributed by atoms with Crippen molar-refractivity contribution < 1.29 is 4.79 Å². The Kier molecular flexibility index (Phi) is 8.71. The van der Waals surface area contributed by atoms with Crippen molar-refractivity contribution >= 4 is 23.5 Å². The molecule has 1 aliphatic rings. The van der Waals surface area contributed by atoms with Crippen molar-refractivity contribution in [2.45, 2.75) is 55.6 Å². The van der Waals surface area contributed by atoms with Gasteiger partial charge in [0, 0.05) is 42.6 Å². The van der Waals surface area contributed by atoms with E-state index in [1.165, 1.54) is 32.1 Å². The van der Waals surface area contributed by atoms with Gasteiger partial charge in [0.15, 0.2) is 5.16 Å². The molecule has 1 saturated carbocycles. The van der Waals surface area contributed by atoms with Gasteiger partial charge in [-0.2, -0.15) is 0 Å². The van der Waals surface area contributed by atoms with E-state index < -0.39 is 0 Å². The number of aromatic nitrogens is 2. The van der Waals surface area contributed by atoms with Gasteiger partial charge in [-0.25, -0.2) is 9.97 Å². The third kappa shape index (κ3) is 6.81. The first kappa shape index (κ1) is 26.0. The van der Waals surface area contributed by atoms with E-state index in [1.54, 1.807) is 11.8 Å². The lowest BCUT2D eigenvalue weighted by Crippen LogP contribution is -2.34. The molecule has 1 fully saturated rings. The highest BCUT2D eigenvalue weighted by Gasteiger charge is 2.21. The van der Waals surface area contributed by atoms with Crippen LogP contribution in [-0.4, -0.2) is 29.0 Å². The van der Waals surface area contributed by atoms with E-state index >= 15 is 0 Å². The molecule has 0 spiro atoms. The Bertz CT molecular complexity index is 1340. The van der Waals surface area contributed by atoms with Crippen LogP contribution >= 0.6 is 11.8 Å². The second-order valence-electron chi connectivity index (χ2n) is 9.82. The maximum atomic E-state index is 12.8. The van der Waals surface area contributed by atoms with Gasteiger partial charge in [0.2, 0.25) is 0 Å². The lowest BCUT2D eigenvalue weighted by Gasteiger charge is -2.32. The number of amides is 1. The molecule has 5 rings (SSSR count). The fourth-order valence-electron chi connectivity index (χ4n) is 4.90. The van der Waals surface area contributed by atoms with Crippen LogP contribution < -0.4 is 10.2 Å². The van der Waals surface area contributed by atoms with E-state index in [0.717, 1.165) is 33.4 Å². The molecule has 1 amide bonds. The van der Waals surface area contributed by atoms with Crippen LogP contribution in [0.3, 0.4) is 0 Å². The highest BCUT2D eigenvalue weighted by Crippen LogP contribution is 2.30. The fraction of sp³-hybridized carbons (Fsp3) is 0.281. The number of carbonyl (C=O) groups excluding carboxylic acids is 1. The van der Waals surface area contributed by atoms with Crippen molar-refractivity contribution in [3.05, 3.63) is 108 Å². The number of hydrogen-bond acceptors (Lipinski definition) is 5. The summed E-state index contributed by atoms with van der Waals surface area (Å²) in [6, 6.07) is 30.7. The summed E-state index contributed by atoms with van der Waals surface area (Å²) in [6.45, 7) is 0.510. The van der Waals surface area contributed by atoms with Gasteiger partial charge in [0.1, 0.15) is 5.82 Å². The van der Waals surface area contributed by atoms with Gasteiger partial charge in [-0.3, -0.25) is 4.79 Å². The van der Waals surface area contributed by atoms with Crippen LogP contribution in [0.25, 0.3) is 11.3 Å². The third-order valence-electron chi connectivity index (χ3n) is 7.10. The summed E-state index contributed by atoms with van der Waals surface area (Å²) in [4.78, 5) is 25.0. The molecule has 194 valence electrons. The van der Waals surface area contributed by atoms with E-state index in [0.29, 0.717) is 23.9 Å². The van der Waals surface area contributed by atoms with Crippen molar-refractivity contribution in [2.24, 2.45) is 0 Å². The van der Waals surface area contributed by atoms with Crippen molar-refractivity contribution in [3.63, 3.8) is 0 Å². The number of anilines is 1. The topological polar surface area (TPSA) is 58.1 Å². The average molecular weight is 523 g/mol. The van der Waals surface area contributed by atoms with Gasteiger partial charge in [-0.05, 0) is 36.1 Å². The van der Waals surface area contributed by atoms with Gasteiger partial charge in [0.05, 0.1) is 5.69 Å². The zero-order valence-corrected chi connectivity index (χ0v) is 22.7. The van der Waals surface area contributed by atoms with Gasteiger partial charge in [0.25, 0.3) is 5.91 Å². The number of nitrogens with zero attached hydrogens (tertiary/aromatic N) is 3. The molecule has 5 nitrogen and oxygen atoms in total. The van der Waals surface area contributed by atoms with Crippen molar-refractivity contribution in [3.8, 4) is 11.3 Å². The highest BCUT2D eigenvalue weighted by molar-refractivity contribution is 7.98. The molecule has 3 aromatic carbocycles. The Morgan fingerprint density at radius 1 is 0.868 bits per heavy atom. The molecule has 1 aliphatic carbocycles.